The van der Waals surface area contributed by atoms with E-state index in [0.29, 0.717) is 19.3 Å². The number of ketones is 1. The van der Waals surface area contributed by atoms with Gasteiger partial charge in [-0.05, 0) is 18.4 Å². The topological polar surface area (TPSA) is 63.2 Å². The van der Waals surface area contributed by atoms with Crippen molar-refractivity contribution in [2.75, 3.05) is 0 Å². The molecule has 0 saturated carbocycles. The molecular weight excluding hydrogens is 230 g/mol. The third kappa shape index (κ3) is 1.65. The van der Waals surface area contributed by atoms with Gasteiger partial charge in [-0.2, -0.15) is 0 Å². The van der Waals surface area contributed by atoms with Gasteiger partial charge >= 0.3 is 0 Å². The van der Waals surface area contributed by atoms with Crippen LogP contribution >= 0.6 is 0 Å². The van der Waals surface area contributed by atoms with Gasteiger partial charge < -0.3 is 0 Å². The van der Waals surface area contributed by atoms with Gasteiger partial charge in [0.05, 0.1) is 0 Å². The van der Waals surface area contributed by atoms with Crippen LogP contribution in [0.3, 0.4) is 0 Å². The Morgan fingerprint density at radius 1 is 1.06 bits per heavy atom. The monoisotopic (exact) mass is 243 g/mol. The number of rotatable bonds is 1. The van der Waals surface area contributed by atoms with Gasteiger partial charge in [-0.15, -0.1) is 0 Å². The molecule has 0 spiro atoms. The Balaban J connectivity index is 1.86. The lowest BCUT2D eigenvalue weighted by molar-refractivity contribution is -0.137. The maximum atomic E-state index is 12.3. The first kappa shape index (κ1) is 11.1. The van der Waals surface area contributed by atoms with Crippen molar-refractivity contribution in [2.24, 2.45) is 11.8 Å². The highest BCUT2D eigenvalue weighted by atomic mass is 16.2. The van der Waals surface area contributed by atoms with Crippen molar-refractivity contribution >= 4 is 17.6 Å². The van der Waals surface area contributed by atoms with E-state index in [1.807, 2.05) is 24.3 Å². The predicted octanol–water partition coefficient (Wildman–Crippen LogP) is 1.09. The van der Waals surface area contributed by atoms with Crippen LogP contribution in [-0.2, 0) is 16.0 Å². The van der Waals surface area contributed by atoms with E-state index in [-0.39, 0.29) is 29.4 Å². The summed E-state index contributed by atoms with van der Waals surface area (Å²) in [6, 6.07) is 7.48. The Morgan fingerprint density at radius 2 is 1.83 bits per heavy atom. The Morgan fingerprint density at radius 3 is 2.56 bits per heavy atom. The molecule has 0 bridgehead atoms. The van der Waals surface area contributed by atoms with Crippen molar-refractivity contribution in [3.8, 4) is 0 Å². The summed E-state index contributed by atoms with van der Waals surface area (Å²) in [5.74, 6) is -1.14. The molecule has 2 unspecified atom stereocenters. The van der Waals surface area contributed by atoms with E-state index in [2.05, 4.69) is 5.32 Å². The zero-order valence-corrected chi connectivity index (χ0v) is 9.81. The van der Waals surface area contributed by atoms with Crippen molar-refractivity contribution in [3.05, 3.63) is 35.4 Å². The molecule has 0 aromatic heterocycles. The zero-order chi connectivity index (χ0) is 12.7. The number of piperidine rings is 1. The summed E-state index contributed by atoms with van der Waals surface area (Å²) in [5, 5.41) is 2.32. The zero-order valence-electron chi connectivity index (χ0n) is 9.81. The average Bonchev–Trinajstić information content (AvgIpc) is 2.68. The molecule has 18 heavy (non-hydrogen) atoms. The minimum absolute atomic E-state index is 0.0418. The normalized spacial score (nSPS) is 27.0. The van der Waals surface area contributed by atoms with Gasteiger partial charge in [0, 0.05) is 23.8 Å². The number of imide groups is 1. The Kier molecular flexibility index (Phi) is 2.51. The molecule has 4 nitrogen and oxygen atoms in total. The van der Waals surface area contributed by atoms with E-state index in [0.717, 1.165) is 11.1 Å². The number of nitrogens with one attached hydrogen (secondary N) is 1. The van der Waals surface area contributed by atoms with E-state index >= 15 is 0 Å². The first-order valence-corrected chi connectivity index (χ1v) is 6.12. The Labute approximate surface area is 104 Å². The van der Waals surface area contributed by atoms with Crippen LogP contribution in [0.1, 0.15) is 28.8 Å². The molecule has 1 aliphatic heterocycles. The molecular formula is C14H13NO3. The molecule has 2 amide bonds. The molecule has 2 atom stereocenters. The van der Waals surface area contributed by atoms with Crippen LogP contribution in [0.5, 0.6) is 0 Å². The first-order valence-electron chi connectivity index (χ1n) is 6.12. The van der Waals surface area contributed by atoms with Crippen molar-refractivity contribution < 1.29 is 14.4 Å². The van der Waals surface area contributed by atoms with Crippen LogP contribution in [0.25, 0.3) is 0 Å². The van der Waals surface area contributed by atoms with Crippen LogP contribution in [0.2, 0.25) is 0 Å². The van der Waals surface area contributed by atoms with Crippen LogP contribution < -0.4 is 5.32 Å². The van der Waals surface area contributed by atoms with Gasteiger partial charge in [-0.3, -0.25) is 19.7 Å². The molecule has 1 aromatic carbocycles. The number of carbonyl (C=O) groups is 3. The second-order valence-electron chi connectivity index (χ2n) is 4.89. The molecule has 92 valence electrons. The minimum atomic E-state index is -0.359. The smallest absolute Gasteiger partial charge is 0.230 e. The van der Waals surface area contributed by atoms with Crippen molar-refractivity contribution in [2.45, 2.75) is 19.3 Å². The van der Waals surface area contributed by atoms with E-state index in [9.17, 15) is 14.4 Å². The third-order valence-electron chi connectivity index (χ3n) is 3.83. The van der Waals surface area contributed by atoms with Gasteiger partial charge in [-0.1, -0.05) is 24.3 Å². The molecule has 1 heterocycles. The molecule has 4 heteroatoms. The fraction of sp³-hybridized carbons (Fsp3) is 0.357. The number of fused-ring (bicyclic) bond motifs is 1. The Bertz CT molecular complexity index is 550. The number of amides is 2. The number of carbonyl (C=O) groups excluding carboxylic acids is 3. The van der Waals surface area contributed by atoms with Gasteiger partial charge in [0.2, 0.25) is 11.8 Å². The summed E-state index contributed by atoms with van der Waals surface area (Å²) in [4.78, 5) is 35.2. The molecule has 1 aromatic rings. The Hall–Kier alpha value is -1.97. The van der Waals surface area contributed by atoms with E-state index < -0.39 is 0 Å². The second-order valence-corrected chi connectivity index (χ2v) is 4.89. The van der Waals surface area contributed by atoms with Crippen LogP contribution in [0, 0.1) is 11.8 Å². The highest BCUT2D eigenvalue weighted by Crippen LogP contribution is 2.34. The fourth-order valence-electron chi connectivity index (χ4n) is 2.89. The maximum Gasteiger partial charge on any atom is 0.230 e. The van der Waals surface area contributed by atoms with E-state index in [1.165, 1.54) is 0 Å². The molecule has 1 fully saturated rings. The van der Waals surface area contributed by atoms with Crippen molar-refractivity contribution in [1.82, 2.24) is 5.32 Å². The maximum absolute atomic E-state index is 12.3. The second kappa shape index (κ2) is 4.05. The highest BCUT2D eigenvalue weighted by molar-refractivity contribution is 6.07. The van der Waals surface area contributed by atoms with Crippen LogP contribution in [-0.4, -0.2) is 17.6 Å². The van der Waals surface area contributed by atoms with Gasteiger partial charge in [-0.25, -0.2) is 0 Å². The molecule has 1 saturated heterocycles. The SMILES string of the molecule is O=C1CCC(C2Cc3ccccc3C2=O)C(=O)N1. The number of hydrogen-bond donors (Lipinski definition) is 1. The summed E-state index contributed by atoms with van der Waals surface area (Å²) in [6.07, 6.45) is 1.42. The van der Waals surface area contributed by atoms with Crippen molar-refractivity contribution in [1.29, 1.82) is 0 Å². The minimum Gasteiger partial charge on any atom is -0.296 e. The lowest BCUT2D eigenvalue weighted by Crippen LogP contribution is -2.44. The van der Waals surface area contributed by atoms with Crippen molar-refractivity contribution in [3.63, 3.8) is 0 Å². The standard InChI is InChI=1S/C14H13NO3/c16-12-6-5-10(14(18)15-12)11-7-8-3-1-2-4-9(8)13(11)17/h1-4,10-11H,5-7H2,(H,15,16,18). The summed E-state index contributed by atoms with van der Waals surface area (Å²) in [7, 11) is 0. The quantitative estimate of drug-likeness (QED) is 0.751. The number of benzene rings is 1. The summed E-state index contributed by atoms with van der Waals surface area (Å²) >= 11 is 0. The first-order chi connectivity index (χ1) is 8.66. The largest absolute Gasteiger partial charge is 0.296 e. The molecule has 3 rings (SSSR count). The van der Waals surface area contributed by atoms with Gasteiger partial charge in [0.1, 0.15) is 0 Å². The van der Waals surface area contributed by atoms with E-state index in [1.54, 1.807) is 0 Å². The lowest BCUT2D eigenvalue weighted by Gasteiger charge is -2.24. The van der Waals surface area contributed by atoms with Crippen LogP contribution in [0.4, 0.5) is 0 Å². The summed E-state index contributed by atoms with van der Waals surface area (Å²) in [6.45, 7) is 0. The summed E-state index contributed by atoms with van der Waals surface area (Å²) < 4.78 is 0. The van der Waals surface area contributed by atoms with Gasteiger partial charge in [0.25, 0.3) is 0 Å². The average molecular weight is 243 g/mol. The highest BCUT2D eigenvalue weighted by Gasteiger charge is 2.41. The van der Waals surface area contributed by atoms with E-state index in [4.69, 9.17) is 0 Å². The number of Topliss-reactive ketones (excluding diaryl/α,β-unsaturated/α-hetero) is 1. The molecule has 0 radical (unpaired) electrons. The predicted molar refractivity (Wildman–Crippen MR) is 63.8 cm³/mol. The molecule has 2 aliphatic rings. The number of hydrogen-bond acceptors (Lipinski definition) is 3. The summed E-state index contributed by atoms with van der Waals surface area (Å²) in [5.41, 5.74) is 1.74. The lowest BCUT2D eigenvalue weighted by atomic mass is 9.83. The third-order valence-corrected chi connectivity index (χ3v) is 3.83. The van der Waals surface area contributed by atoms with Gasteiger partial charge in [0.15, 0.2) is 5.78 Å². The van der Waals surface area contributed by atoms with Crippen LogP contribution in [0.15, 0.2) is 24.3 Å². The fourth-order valence-corrected chi connectivity index (χ4v) is 2.89. The molecule has 1 aliphatic carbocycles. The molecule has 1 N–H and O–H groups in total.